The second kappa shape index (κ2) is 11.1. The molecule has 6 nitrogen and oxygen atoms in total. The first-order valence-electron chi connectivity index (χ1n) is 16.7. The van der Waals surface area contributed by atoms with E-state index >= 15 is 0 Å². The molecule has 0 saturated carbocycles. The van der Waals surface area contributed by atoms with Crippen LogP contribution in [0.25, 0.3) is 102 Å². The summed E-state index contributed by atoms with van der Waals surface area (Å²) in [5.74, 6) is 1.82. The number of fused-ring (bicyclic) bond motifs is 12. The summed E-state index contributed by atoms with van der Waals surface area (Å²) < 4.78 is 6.97. The Morgan fingerprint density at radius 1 is 0.471 bits per heavy atom. The van der Waals surface area contributed by atoms with Crippen LogP contribution in [0.1, 0.15) is 0 Å². The lowest BCUT2D eigenvalue weighted by Crippen LogP contribution is -2.06. The molecule has 0 aliphatic heterocycles. The molecule has 0 fully saturated rings. The Balaban J connectivity index is 1.28. The molecule has 11 aromatic rings. The summed E-state index contributed by atoms with van der Waals surface area (Å²) in [6.07, 6.45) is 3.59. The lowest BCUT2D eigenvalue weighted by atomic mass is 10.0. The van der Waals surface area contributed by atoms with Crippen molar-refractivity contribution < 1.29 is 0 Å². The molecule has 0 atom stereocenters. The summed E-state index contributed by atoms with van der Waals surface area (Å²) in [7, 11) is 0. The summed E-state index contributed by atoms with van der Waals surface area (Å²) in [5.41, 5.74) is 7.29. The zero-order valence-corrected chi connectivity index (χ0v) is 28.5. The number of aromatic nitrogens is 6. The van der Waals surface area contributed by atoms with Crippen LogP contribution in [0.2, 0.25) is 0 Å². The van der Waals surface area contributed by atoms with Gasteiger partial charge < -0.3 is 0 Å². The highest BCUT2D eigenvalue weighted by atomic mass is 32.1. The van der Waals surface area contributed by atoms with Crippen molar-refractivity contribution in [3.63, 3.8) is 0 Å². The molecule has 238 valence electrons. The van der Waals surface area contributed by atoms with Crippen LogP contribution in [-0.2, 0) is 0 Å². The van der Waals surface area contributed by atoms with E-state index in [1.54, 1.807) is 17.7 Å². The first-order chi connectivity index (χ1) is 25.3. The van der Waals surface area contributed by atoms with Crippen LogP contribution < -0.4 is 0 Å². The second-order valence-electron chi connectivity index (χ2n) is 12.5. The monoisotopic (exact) mass is 688 g/mol. The zero-order valence-electron chi connectivity index (χ0n) is 26.9. The summed E-state index contributed by atoms with van der Waals surface area (Å²) >= 11 is 3.57. The fraction of sp³-hybridized carbons (Fsp3) is 0. The summed E-state index contributed by atoms with van der Waals surface area (Å²) in [6.45, 7) is 0. The number of nitrogens with zero attached hydrogens (tertiary/aromatic N) is 6. The molecule has 0 N–H and O–H groups in total. The first kappa shape index (κ1) is 28.5. The van der Waals surface area contributed by atoms with Gasteiger partial charge in [0.1, 0.15) is 6.33 Å². The minimum atomic E-state index is 0.578. The maximum Gasteiger partial charge on any atom is 0.238 e. The van der Waals surface area contributed by atoms with Gasteiger partial charge in [0, 0.05) is 58.4 Å². The van der Waals surface area contributed by atoms with Crippen LogP contribution in [0.5, 0.6) is 0 Å². The van der Waals surface area contributed by atoms with Crippen molar-refractivity contribution in [3.05, 3.63) is 146 Å². The molecule has 8 heteroatoms. The highest BCUT2D eigenvalue weighted by Gasteiger charge is 2.26. The molecular formula is C43H24N6S2. The molecule has 5 aromatic heterocycles. The molecule has 6 aromatic carbocycles. The molecule has 51 heavy (non-hydrogen) atoms. The predicted molar refractivity (Wildman–Crippen MR) is 212 cm³/mol. The van der Waals surface area contributed by atoms with E-state index in [0.717, 1.165) is 43.3 Å². The van der Waals surface area contributed by atoms with Crippen molar-refractivity contribution in [1.82, 2.24) is 29.5 Å². The molecule has 0 radical (unpaired) electrons. The van der Waals surface area contributed by atoms with Gasteiger partial charge in [-0.3, -0.25) is 4.57 Å². The van der Waals surface area contributed by atoms with Gasteiger partial charge in [0.2, 0.25) is 5.95 Å². The minimum absolute atomic E-state index is 0.578. The van der Waals surface area contributed by atoms with Gasteiger partial charge in [0.05, 0.1) is 21.3 Å². The largest absolute Gasteiger partial charge is 0.277 e. The van der Waals surface area contributed by atoms with Crippen LogP contribution in [-0.4, -0.2) is 29.5 Å². The molecule has 5 heterocycles. The van der Waals surface area contributed by atoms with E-state index in [0.29, 0.717) is 17.6 Å². The van der Waals surface area contributed by atoms with Crippen LogP contribution in [0.4, 0.5) is 0 Å². The van der Waals surface area contributed by atoms with Gasteiger partial charge in [-0.1, -0.05) is 121 Å². The average molecular weight is 689 g/mol. The third-order valence-corrected chi connectivity index (χ3v) is 11.9. The number of hydrogen-bond acceptors (Lipinski definition) is 7. The van der Waals surface area contributed by atoms with Crippen molar-refractivity contribution >= 4 is 85.0 Å². The molecule has 0 unspecified atom stereocenters. The third-order valence-electron chi connectivity index (χ3n) is 9.62. The van der Waals surface area contributed by atoms with Crippen LogP contribution in [0.15, 0.2) is 146 Å². The SMILES string of the molecule is c1ccc(-c2ccc(-c3nc(-c4ccccc4)nc(-n4c5ccccc5c5c6sc7cncnc7c6c6sc7ccccc7c6c54)n3)cc2)cc1. The van der Waals surface area contributed by atoms with Gasteiger partial charge in [-0.15, -0.1) is 22.7 Å². The summed E-state index contributed by atoms with van der Waals surface area (Å²) in [5, 5.41) is 5.89. The number of benzene rings is 6. The van der Waals surface area contributed by atoms with Crippen molar-refractivity contribution in [2.75, 3.05) is 0 Å². The van der Waals surface area contributed by atoms with E-state index in [1.807, 2.05) is 41.8 Å². The molecule has 11 rings (SSSR count). The topological polar surface area (TPSA) is 69.4 Å². The Hall–Kier alpha value is -6.35. The zero-order chi connectivity index (χ0) is 33.5. The van der Waals surface area contributed by atoms with Crippen molar-refractivity contribution in [2.45, 2.75) is 0 Å². The smallest absolute Gasteiger partial charge is 0.238 e. The molecule has 0 spiro atoms. The molecule has 0 aliphatic rings. The number of thiophene rings is 2. The van der Waals surface area contributed by atoms with Crippen molar-refractivity contribution in [1.29, 1.82) is 0 Å². The third kappa shape index (κ3) is 4.30. The predicted octanol–water partition coefficient (Wildman–Crippen LogP) is 11.5. The van der Waals surface area contributed by atoms with Gasteiger partial charge in [-0.2, -0.15) is 9.97 Å². The molecule has 0 amide bonds. The average Bonchev–Trinajstić information content (AvgIpc) is 3.88. The Morgan fingerprint density at radius 3 is 1.80 bits per heavy atom. The standard InChI is InChI=1S/C43H24N6S2/c1-3-11-25(12-4-1)26-19-21-28(22-20-26)42-46-41(27-13-5-2-6-14-27)47-43(48-42)49-31-17-9-7-15-29(31)34-38(49)35-30-16-8-10-18-32(30)50-40(35)36-37-33(51-39(34)36)23-44-24-45-37/h1-24H. The van der Waals surface area contributed by atoms with E-state index in [2.05, 4.69) is 119 Å². The van der Waals surface area contributed by atoms with E-state index in [1.165, 1.54) is 41.2 Å². The quantitative estimate of drug-likeness (QED) is 0.184. The van der Waals surface area contributed by atoms with Gasteiger partial charge in [-0.25, -0.2) is 15.0 Å². The molecule has 0 bridgehead atoms. The summed E-state index contributed by atoms with van der Waals surface area (Å²) in [6, 6.07) is 46.4. The molecule has 0 saturated heterocycles. The number of hydrogen-bond donors (Lipinski definition) is 0. The highest BCUT2D eigenvalue weighted by molar-refractivity contribution is 7.30. The second-order valence-corrected chi connectivity index (χ2v) is 14.6. The number of rotatable bonds is 4. The normalized spacial score (nSPS) is 11.9. The van der Waals surface area contributed by atoms with E-state index in [-0.39, 0.29) is 0 Å². The lowest BCUT2D eigenvalue weighted by molar-refractivity contribution is 0.955. The van der Waals surface area contributed by atoms with Crippen molar-refractivity contribution in [3.8, 4) is 39.9 Å². The van der Waals surface area contributed by atoms with Crippen LogP contribution >= 0.6 is 22.7 Å². The Kier molecular flexibility index (Phi) is 6.19. The van der Waals surface area contributed by atoms with E-state index in [4.69, 9.17) is 19.9 Å². The lowest BCUT2D eigenvalue weighted by Gasteiger charge is -2.12. The first-order valence-corrected chi connectivity index (χ1v) is 18.3. The fourth-order valence-electron chi connectivity index (χ4n) is 7.36. The Bertz CT molecular complexity index is 3100. The highest BCUT2D eigenvalue weighted by Crippen LogP contribution is 2.51. The van der Waals surface area contributed by atoms with E-state index < -0.39 is 0 Å². The number of para-hydroxylation sites is 1. The molecular weight excluding hydrogens is 665 g/mol. The van der Waals surface area contributed by atoms with Gasteiger partial charge >= 0.3 is 0 Å². The van der Waals surface area contributed by atoms with Gasteiger partial charge in [0.15, 0.2) is 11.6 Å². The van der Waals surface area contributed by atoms with Crippen LogP contribution in [0.3, 0.4) is 0 Å². The Morgan fingerprint density at radius 2 is 1.04 bits per heavy atom. The fourth-order valence-corrected chi connectivity index (χ4v) is 9.87. The Labute approximate surface area is 299 Å². The van der Waals surface area contributed by atoms with Gasteiger partial charge in [0.25, 0.3) is 0 Å². The van der Waals surface area contributed by atoms with E-state index in [9.17, 15) is 0 Å². The maximum absolute atomic E-state index is 5.29. The minimum Gasteiger partial charge on any atom is -0.277 e. The van der Waals surface area contributed by atoms with Crippen LogP contribution in [0, 0.1) is 0 Å². The maximum atomic E-state index is 5.29. The van der Waals surface area contributed by atoms with Gasteiger partial charge in [-0.05, 0) is 23.3 Å². The molecule has 0 aliphatic carbocycles. The summed E-state index contributed by atoms with van der Waals surface area (Å²) in [4.78, 5) is 24.9. The van der Waals surface area contributed by atoms with Crippen molar-refractivity contribution in [2.24, 2.45) is 0 Å².